The van der Waals surface area contributed by atoms with Gasteiger partial charge in [0.25, 0.3) is 0 Å². The lowest BCUT2D eigenvalue weighted by Crippen LogP contribution is -2.01. The predicted octanol–water partition coefficient (Wildman–Crippen LogP) is 11.0. The smallest absolute Gasteiger partial charge is 0.00264 e. The first-order chi connectivity index (χ1) is 19.8. The van der Waals surface area contributed by atoms with E-state index in [1.165, 1.54) is 76.8 Å². The Labute approximate surface area is 234 Å². The number of hydrogen-bond acceptors (Lipinski definition) is 0. The van der Waals surface area contributed by atoms with Crippen LogP contribution in [0.15, 0.2) is 140 Å². The van der Waals surface area contributed by atoms with Gasteiger partial charge in [-0.15, -0.1) is 0 Å². The molecule has 0 heteroatoms. The van der Waals surface area contributed by atoms with Crippen molar-refractivity contribution >= 4 is 44.0 Å². The number of hydrogen-bond donors (Lipinski definition) is 0. The third kappa shape index (κ3) is 3.76. The predicted molar refractivity (Wildman–Crippen MR) is 172 cm³/mol. The van der Waals surface area contributed by atoms with E-state index < -0.39 is 0 Å². The first-order valence-corrected chi connectivity index (χ1v) is 14.2. The minimum atomic E-state index is 1.03. The van der Waals surface area contributed by atoms with Gasteiger partial charge >= 0.3 is 0 Å². The van der Waals surface area contributed by atoms with Crippen LogP contribution in [0.4, 0.5) is 0 Å². The third-order valence-electron chi connectivity index (χ3n) is 8.53. The van der Waals surface area contributed by atoms with E-state index in [-0.39, 0.29) is 0 Å². The molecule has 0 N–H and O–H groups in total. The van der Waals surface area contributed by atoms with E-state index in [0.29, 0.717) is 0 Å². The first-order valence-electron chi connectivity index (χ1n) is 14.2. The molecule has 0 radical (unpaired) electrons. The Bertz CT molecular complexity index is 2040. The second-order valence-corrected chi connectivity index (χ2v) is 10.9. The standard InChI is InChI=1S/C40H28/c1-2-11-28(12-3-1)39-35-14-6-8-16-37(35)40(38-17-9-7-15-36(38)39)34-23-22-32-25-31(20-21-33(32)26-34)30-19-18-27-10-4-5-13-29(27)24-30/h1-21,24-26H,22-23H2. The molecule has 40 heavy (non-hydrogen) atoms. The van der Waals surface area contributed by atoms with Crippen LogP contribution in [0.1, 0.15) is 23.1 Å². The normalized spacial score (nSPS) is 12.9. The summed E-state index contributed by atoms with van der Waals surface area (Å²) in [4.78, 5) is 0. The Morgan fingerprint density at radius 3 is 1.68 bits per heavy atom. The van der Waals surface area contributed by atoms with Crippen LogP contribution in [0.5, 0.6) is 0 Å². The van der Waals surface area contributed by atoms with Gasteiger partial charge in [0.2, 0.25) is 0 Å². The van der Waals surface area contributed by atoms with Crippen molar-refractivity contribution in [3.05, 3.63) is 156 Å². The Balaban J connectivity index is 1.29. The molecule has 0 nitrogen and oxygen atoms in total. The molecule has 0 amide bonds. The summed E-state index contributed by atoms with van der Waals surface area (Å²) in [6.07, 6.45) is 4.53. The molecule has 0 aliphatic heterocycles. The van der Waals surface area contributed by atoms with Crippen molar-refractivity contribution in [2.24, 2.45) is 0 Å². The van der Waals surface area contributed by atoms with Crippen LogP contribution in [0, 0.1) is 0 Å². The van der Waals surface area contributed by atoms with Gasteiger partial charge in [0.15, 0.2) is 0 Å². The largest absolute Gasteiger partial charge is 0.0622 e. The molecule has 188 valence electrons. The van der Waals surface area contributed by atoms with E-state index in [9.17, 15) is 0 Å². The number of allylic oxidation sites excluding steroid dienone is 1. The van der Waals surface area contributed by atoms with Crippen molar-refractivity contribution in [2.45, 2.75) is 12.8 Å². The lowest BCUT2D eigenvalue weighted by molar-refractivity contribution is 1.00. The quantitative estimate of drug-likeness (QED) is 0.208. The first kappa shape index (κ1) is 23.0. The summed E-state index contributed by atoms with van der Waals surface area (Å²) in [5.41, 5.74) is 10.8. The van der Waals surface area contributed by atoms with Crippen molar-refractivity contribution < 1.29 is 0 Å². The highest BCUT2D eigenvalue weighted by Gasteiger charge is 2.20. The molecule has 0 fully saturated rings. The highest BCUT2D eigenvalue weighted by Crippen LogP contribution is 2.44. The zero-order valence-electron chi connectivity index (χ0n) is 22.3. The van der Waals surface area contributed by atoms with Crippen LogP contribution >= 0.6 is 0 Å². The molecule has 0 saturated heterocycles. The molecule has 0 heterocycles. The summed E-state index contributed by atoms with van der Waals surface area (Å²) < 4.78 is 0. The molecule has 0 aromatic heterocycles. The molecule has 0 unspecified atom stereocenters. The van der Waals surface area contributed by atoms with Gasteiger partial charge in [-0.1, -0.05) is 140 Å². The minimum absolute atomic E-state index is 1.03. The number of rotatable bonds is 3. The second kappa shape index (κ2) is 9.36. The van der Waals surface area contributed by atoms with Crippen LogP contribution in [0.25, 0.3) is 66.2 Å². The second-order valence-electron chi connectivity index (χ2n) is 10.9. The van der Waals surface area contributed by atoms with Crippen LogP contribution < -0.4 is 0 Å². The molecular formula is C40H28. The van der Waals surface area contributed by atoms with Crippen molar-refractivity contribution in [2.75, 3.05) is 0 Å². The fraction of sp³-hybridized carbons (Fsp3) is 0.0500. The van der Waals surface area contributed by atoms with Gasteiger partial charge in [0.05, 0.1) is 0 Å². The maximum Gasteiger partial charge on any atom is -0.00264 e. The zero-order valence-corrected chi connectivity index (χ0v) is 22.3. The molecule has 0 atom stereocenters. The maximum atomic E-state index is 2.44. The van der Waals surface area contributed by atoms with Crippen LogP contribution in [0.2, 0.25) is 0 Å². The van der Waals surface area contributed by atoms with Gasteiger partial charge in [-0.3, -0.25) is 0 Å². The molecule has 8 rings (SSSR count). The topological polar surface area (TPSA) is 0 Å². The van der Waals surface area contributed by atoms with Gasteiger partial charge in [0.1, 0.15) is 0 Å². The summed E-state index contributed by atoms with van der Waals surface area (Å²) >= 11 is 0. The summed E-state index contributed by atoms with van der Waals surface area (Å²) in [7, 11) is 0. The van der Waals surface area contributed by atoms with Crippen LogP contribution in [-0.4, -0.2) is 0 Å². The maximum absolute atomic E-state index is 2.44. The number of aryl methyl sites for hydroxylation is 1. The van der Waals surface area contributed by atoms with Gasteiger partial charge < -0.3 is 0 Å². The Morgan fingerprint density at radius 1 is 0.375 bits per heavy atom. The number of benzene rings is 7. The van der Waals surface area contributed by atoms with Crippen molar-refractivity contribution in [1.82, 2.24) is 0 Å². The number of fused-ring (bicyclic) bond motifs is 4. The molecule has 1 aliphatic carbocycles. The fourth-order valence-electron chi connectivity index (χ4n) is 6.63. The summed E-state index contributed by atoms with van der Waals surface area (Å²) in [6.45, 7) is 0. The average molecular weight is 509 g/mol. The van der Waals surface area contributed by atoms with E-state index in [1.807, 2.05) is 0 Å². The molecular weight excluding hydrogens is 480 g/mol. The highest BCUT2D eigenvalue weighted by molar-refractivity contribution is 6.19. The molecule has 7 aromatic rings. The highest BCUT2D eigenvalue weighted by atomic mass is 14.2. The molecule has 0 spiro atoms. The van der Waals surface area contributed by atoms with Gasteiger partial charge in [0, 0.05) is 0 Å². The van der Waals surface area contributed by atoms with Gasteiger partial charge in [-0.2, -0.15) is 0 Å². The monoisotopic (exact) mass is 508 g/mol. The molecule has 1 aliphatic rings. The summed E-state index contributed by atoms with van der Waals surface area (Å²) in [6, 6.07) is 51.2. The average Bonchev–Trinajstić information content (AvgIpc) is 3.03. The Morgan fingerprint density at radius 2 is 0.950 bits per heavy atom. The Kier molecular flexibility index (Phi) is 5.38. The van der Waals surface area contributed by atoms with Gasteiger partial charge in [-0.25, -0.2) is 0 Å². The van der Waals surface area contributed by atoms with Crippen molar-refractivity contribution in [3.8, 4) is 22.3 Å². The van der Waals surface area contributed by atoms with Crippen molar-refractivity contribution in [1.29, 1.82) is 0 Å². The van der Waals surface area contributed by atoms with E-state index in [0.717, 1.165) is 12.8 Å². The van der Waals surface area contributed by atoms with E-state index in [2.05, 4.69) is 146 Å². The zero-order chi connectivity index (χ0) is 26.5. The third-order valence-corrected chi connectivity index (χ3v) is 8.53. The van der Waals surface area contributed by atoms with Crippen LogP contribution in [0.3, 0.4) is 0 Å². The Hall–Kier alpha value is -4.94. The van der Waals surface area contributed by atoms with E-state index >= 15 is 0 Å². The van der Waals surface area contributed by atoms with E-state index in [1.54, 1.807) is 0 Å². The van der Waals surface area contributed by atoms with Gasteiger partial charge in [-0.05, 0) is 95.7 Å². The van der Waals surface area contributed by atoms with Crippen LogP contribution in [-0.2, 0) is 6.42 Å². The molecule has 7 aromatic carbocycles. The van der Waals surface area contributed by atoms with E-state index in [4.69, 9.17) is 0 Å². The molecule has 0 saturated carbocycles. The lowest BCUT2D eigenvalue weighted by Gasteiger charge is -2.22. The van der Waals surface area contributed by atoms with Crippen molar-refractivity contribution in [3.63, 3.8) is 0 Å². The summed E-state index contributed by atoms with van der Waals surface area (Å²) in [5.74, 6) is 0. The fourth-order valence-corrected chi connectivity index (χ4v) is 6.63. The molecule has 0 bridgehead atoms. The lowest BCUT2D eigenvalue weighted by atomic mass is 9.81. The minimum Gasteiger partial charge on any atom is -0.0622 e. The summed E-state index contributed by atoms with van der Waals surface area (Å²) in [5, 5.41) is 7.89. The SMILES string of the molecule is C1=C(c2c3ccccc3c(-c3ccccc3)c3ccccc23)CCc2cc(-c3ccc4ccccc4c3)ccc21.